The van der Waals surface area contributed by atoms with Gasteiger partial charge in [-0.15, -0.1) is 0 Å². The van der Waals surface area contributed by atoms with Crippen LogP contribution in [0, 0.1) is 10.8 Å². The fraction of sp³-hybridized carbons (Fsp3) is 0.800. The van der Waals surface area contributed by atoms with Crippen molar-refractivity contribution in [2.45, 2.75) is 65.7 Å². The fourth-order valence-corrected chi connectivity index (χ4v) is 3.54. The van der Waals surface area contributed by atoms with Crippen LogP contribution in [0.2, 0.25) is 0 Å². The maximum atomic E-state index is 12.5. The second-order valence-corrected chi connectivity index (χ2v) is 6.35. The van der Waals surface area contributed by atoms with Crippen LogP contribution < -0.4 is 0 Å². The molecule has 2 rings (SSSR count). The third-order valence-corrected chi connectivity index (χ3v) is 5.03. The third-order valence-electron chi connectivity index (χ3n) is 5.03. The summed E-state index contributed by atoms with van der Waals surface area (Å²) < 4.78 is 0. The molecule has 1 heteroatoms. The maximum Gasteiger partial charge on any atom is 0.139 e. The van der Waals surface area contributed by atoms with E-state index in [1.54, 1.807) is 0 Å². The largest absolute Gasteiger partial charge is 0.299 e. The lowest BCUT2D eigenvalue weighted by Crippen LogP contribution is -2.44. The average Bonchev–Trinajstić information content (AvgIpc) is 2.34. The van der Waals surface area contributed by atoms with Gasteiger partial charge in [0.25, 0.3) is 0 Å². The number of hydrogen-bond acceptors (Lipinski definition) is 1. The van der Waals surface area contributed by atoms with E-state index in [0.717, 1.165) is 32.1 Å². The van der Waals surface area contributed by atoms with E-state index in [2.05, 4.69) is 26.8 Å². The Morgan fingerprint density at radius 2 is 1.88 bits per heavy atom. The predicted octanol–water partition coefficient (Wildman–Crippen LogP) is 4.27. The van der Waals surface area contributed by atoms with Crippen molar-refractivity contribution in [2.24, 2.45) is 10.8 Å². The summed E-state index contributed by atoms with van der Waals surface area (Å²) in [5, 5.41) is 0. The van der Waals surface area contributed by atoms with E-state index in [1.165, 1.54) is 18.4 Å². The van der Waals surface area contributed by atoms with Crippen molar-refractivity contribution >= 4 is 5.78 Å². The van der Waals surface area contributed by atoms with Crippen molar-refractivity contribution in [2.75, 3.05) is 0 Å². The molecule has 0 amide bonds. The highest BCUT2D eigenvalue weighted by Gasteiger charge is 2.50. The highest BCUT2D eigenvalue weighted by molar-refractivity contribution is 5.86. The van der Waals surface area contributed by atoms with Crippen LogP contribution in [0.5, 0.6) is 0 Å². The number of ketones is 1. The molecule has 2 aliphatic rings. The molecule has 0 heterocycles. The van der Waals surface area contributed by atoms with Crippen molar-refractivity contribution < 1.29 is 4.79 Å². The number of Topliss-reactive ketones (excluding diaryl/α,β-unsaturated/α-hetero) is 1. The Kier molecular flexibility index (Phi) is 2.98. The van der Waals surface area contributed by atoms with Crippen molar-refractivity contribution in [1.82, 2.24) is 0 Å². The first-order valence-electron chi connectivity index (χ1n) is 6.67. The van der Waals surface area contributed by atoms with Gasteiger partial charge in [0.2, 0.25) is 0 Å². The van der Waals surface area contributed by atoms with Gasteiger partial charge in [-0.3, -0.25) is 4.79 Å². The number of rotatable bonds is 0. The molecule has 0 aromatic heterocycles. The maximum absolute atomic E-state index is 12.5. The van der Waals surface area contributed by atoms with E-state index in [0.29, 0.717) is 5.78 Å². The van der Waals surface area contributed by atoms with E-state index in [-0.39, 0.29) is 10.8 Å². The van der Waals surface area contributed by atoms with Gasteiger partial charge in [-0.1, -0.05) is 31.9 Å². The molecule has 0 bridgehead atoms. The molecule has 0 radical (unpaired) electrons. The van der Waals surface area contributed by atoms with Crippen molar-refractivity contribution in [3.63, 3.8) is 0 Å². The first-order chi connectivity index (χ1) is 7.48. The molecule has 1 nitrogen and oxygen atoms in total. The fourth-order valence-electron chi connectivity index (χ4n) is 3.54. The zero-order valence-corrected chi connectivity index (χ0v) is 10.9. The van der Waals surface area contributed by atoms with Crippen LogP contribution >= 0.6 is 0 Å². The summed E-state index contributed by atoms with van der Waals surface area (Å²) in [4.78, 5) is 12.5. The molecule has 16 heavy (non-hydrogen) atoms. The zero-order valence-electron chi connectivity index (χ0n) is 10.9. The Morgan fingerprint density at radius 1 is 1.12 bits per heavy atom. The Morgan fingerprint density at radius 3 is 2.50 bits per heavy atom. The normalized spacial score (nSPS) is 34.7. The second-order valence-electron chi connectivity index (χ2n) is 6.35. The van der Waals surface area contributed by atoms with Gasteiger partial charge in [0.15, 0.2) is 0 Å². The lowest BCUT2D eigenvalue weighted by Gasteiger charge is -2.46. The van der Waals surface area contributed by atoms with Crippen LogP contribution in [-0.4, -0.2) is 5.78 Å². The number of hydrogen-bond donors (Lipinski definition) is 0. The molecule has 90 valence electrons. The molecular formula is C15H24O. The van der Waals surface area contributed by atoms with E-state index in [4.69, 9.17) is 0 Å². The van der Waals surface area contributed by atoms with Crippen LogP contribution in [0.3, 0.4) is 0 Å². The quantitative estimate of drug-likeness (QED) is 0.557. The van der Waals surface area contributed by atoms with Crippen molar-refractivity contribution in [1.29, 1.82) is 0 Å². The van der Waals surface area contributed by atoms with Gasteiger partial charge in [-0.05, 0) is 44.4 Å². The summed E-state index contributed by atoms with van der Waals surface area (Å²) in [5.74, 6) is 0.541. The summed E-state index contributed by atoms with van der Waals surface area (Å²) in [6, 6.07) is 0. The predicted molar refractivity (Wildman–Crippen MR) is 67.3 cm³/mol. The molecule has 1 atom stereocenters. The molecule has 1 unspecified atom stereocenters. The highest BCUT2D eigenvalue weighted by Crippen LogP contribution is 2.54. The van der Waals surface area contributed by atoms with Crippen molar-refractivity contribution in [3.05, 3.63) is 11.6 Å². The van der Waals surface area contributed by atoms with Crippen LogP contribution in [0.15, 0.2) is 11.6 Å². The zero-order chi connectivity index (χ0) is 11.8. The lowest BCUT2D eigenvalue weighted by molar-refractivity contribution is -0.136. The number of carbonyl (C=O) groups is 1. The SMILES string of the molecule is CC1=CCC2(CC1)C(=O)CCCCC2(C)C. The Labute approximate surface area is 99.3 Å². The van der Waals surface area contributed by atoms with Crippen LogP contribution in [0.1, 0.15) is 65.7 Å². The van der Waals surface area contributed by atoms with Crippen LogP contribution in [0.4, 0.5) is 0 Å². The smallest absolute Gasteiger partial charge is 0.139 e. The Bertz CT molecular complexity index is 324. The van der Waals surface area contributed by atoms with E-state index in [9.17, 15) is 4.79 Å². The molecule has 0 saturated heterocycles. The molecule has 0 N–H and O–H groups in total. The summed E-state index contributed by atoms with van der Waals surface area (Å²) in [6.07, 6.45) is 9.87. The second kappa shape index (κ2) is 4.01. The van der Waals surface area contributed by atoms with Gasteiger partial charge in [0.1, 0.15) is 5.78 Å². The molecular weight excluding hydrogens is 196 g/mol. The van der Waals surface area contributed by atoms with Crippen LogP contribution in [-0.2, 0) is 4.79 Å². The molecule has 2 aliphatic carbocycles. The first-order valence-corrected chi connectivity index (χ1v) is 6.67. The third kappa shape index (κ3) is 1.74. The van der Waals surface area contributed by atoms with E-state index >= 15 is 0 Å². The summed E-state index contributed by atoms with van der Waals surface area (Å²) in [6.45, 7) is 6.82. The van der Waals surface area contributed by atoms with Gasteiger partial charge in [0.05, 0.1) is 0 Å². The van der Waals surface area contributed by atoms with Crippen molar-refractivity contribution in [3.8, 4) is 0 Å². The number of carbonyl (C=O) groups excluding carboxylic acids is 1. The molecule has 0 aliphatic heterocycles. The summed E-state index contributed by atoms with van der Waals surface area (Å²) in [7, 11) is 0. The van der Waals surface area contributed by atoms with E-state index < -0.39 is 0 Å². The van der Waals surface area contributed by atoms with Gasteiger partial charge in [0, 0.05) is 11.8 Å². The summed E-state index contributed by atoms with van der Waals surface area (Å²) >= 11 is 0. The monoisotopic (exact) mass is 220 g/mol. The molecule has 0 aromatic rings. The lowest BCUT2D eigenvalue weighted by atomic mass is 9.56. The first kappa shape index (κ1) is 11.9. The summed E-state index contributed by atoms with van der Waals surface area (Å²) in [5.41, 5.74) is 1.62. The molecule has 1 saturated carbocycles. The van der Waals surface area contributed by atoms with Gasteiger partial charge in [-0.25, -0.2) is 0 Å². The van der Waals surface area contributed by atoms with Gasteiger partial charge < -0.3 is 0 Å². The van der Waals surface area contributed by atoms with Crippen LogP contribution in [0.25, 0.3) is 0 Å². The standard InChI is InChI=1S/C15H24O/c1-12-7-10-15(11-8-12)13(16)6-4-5-9-14(15,2)3/h7H,4-6,8-11H2,1-3H3. The Hall–Kier alpha value is -0.590. The molecule has 1 spiro atoms. The van der Waals surface area contributed by atoms with Gasteiger partial charge >= 0.3 is 0 Å². The minimum absolute atomic E-state index is 0.0387. The molecule has 0 aromatic carbocycles. The topological polar surface area (TPSA) is 17.1 Å². The molecule has 1 fully saturated rings. The number of allylic oxidation sites excluding steroid dienone is 2. The van der Waals surface area contributed by atoms with Gasteiger partial charge in [-0.2, -0.15) is 0 Å². The minimum atomic E-state index is -0.0387. The highest BCUT2D eigenvalue weighted by atomic mass is 16.1. The Balaban J connectivity index is 2.36. The average molecular weight is 220 g/mol. The van der Waals surface area contributed by atoms with E-state index in [1.807, 2.05) is 0 Å². The minimum Gasteiger partial charge on any atom is -0.299 e.